The number of hydrogen-bond acceptors (Lipinski definition) is 4. The molecule has 5 heteroatoms. The molecule has 0 bridgehead atoms. The standard InChI is InChI=1S/C10H15N3O2/c1-13(2)8-4-3-5-9(6-8)15-7-10(11)12-14/h3-6,14H,7H2,1-2H3,(H2,11,12). The highest BCUT2D eigenvalue weighted by Gasteiger charge is 1.99. The average Bonchev–Trinajstić information content (AvgIpc) is 2.26. The maximum absolute atomic E-state index is 8.33. The van der Waals surface area contributed by atoms with Crippen molar-refractivity contribution < 1.29 is 9.94 Å². The van der Waals surface area contributed by atoms with Crippen molar-refractivity contribution in [2.24, 2.45) is 10.9 Å². The van der Waals surface area contributed by atoms with E-state index in [1.807, 2.05) is 43.3 Å². The molecule has 3 N–H and O–H groups in total. The zero-order valence-corrected chi connectivity index (χ0v) is 8.84. The lowest BCUT2D eigenvalue weighted by molar-refractivity contribution is 0.306. The molecule has 1 aromatic rings. The van der Waals surface area contributed by atoms with Gasteiger partial charge in [0.1, 0.15) is 12.4 Å². The Bertz CT molecular complexity index is 350. The molecule has 0 heterocycles. The third-order valence-corrected chi connectivity index (χ3v) is 1.85. The van der Waals surface area contributed by atoms with Crippen LogP contribution in [0.25, 0.3) is 0 Å². The monoisotopic (exact) mass is 209 g/mol. The summed E-state index contributed by atoms with van der Waals surface area (Å²) in [5, 5.41) is 11.2. The zero-order valence-electron chi connectivity index (χ0n) is 8.84. The Kier molecular flexibility index (Phi) is 3.79. The number of ether oxygens (including phenoxy) is 1. The lowest BCUT2D eigenvalue weighted by Crippen LogP contribution is -2.20. The molecule has 0 atom stereocenters. The highest BCUT2D eigenvalue weighted by Crippen LogP contribution is 2.18. The van der Waals surface area contributed by atoms with Gasteiger partial charge in [0.25, 0.3) is 0 Å². The lowest BCUT2D eigenvalue weighted by Gasteiger charge is -2.13. The quantitative estimate of drug-likeness (QED) is 0.334. The van der Waals surface area contributed by atoms with Gasteiger partial charge in [0.2, 0.25) is 0 Å². The van der Waals surface area contributed by atoms with Crippen molar-refractivity contribution in [3.8, 4) is 5.75 Å². The summed E-state index contributed by atoms with van der Waals surface area (Å²) in [4.78, 5) is 1.97. The maximum Gasteiger partial charge on any atom is 0.177 e. The number of oxime groups is 1. The van der Waals surface area contributed by atoms with Crippen LogP contribution in [-0.2, 0) is 0 Å². The van der Waals surface area contributed by atoms with Gasteiger partial charge in [-0.05, 0) is 12.1 Å². The van der Waals surface area contributed by atoms with Crippen LogP contribution in [0.2, 0.25) is 0 Å². The Morgan fingerprint density at radius 1 is 1.53 bits per heavy atom. The number of benzene rings is 1. The predicted octanol–water partition coefficient (Wildman–Crippen LogP) is 0.878. The Morgan fingerprint density at radius 2 is 2.27 bits per heavy atom. The molecule has 15 heavy (non-hydrogen) atoms. The first kappa shape index (κ1) is 11.2. The van der Waals surface area contributed by atoms with Crippen molar-refractivity contribution in [3.63, 3.8) is 0 Å². The largest absolute Gasteiger partial charge is 0.485 e. The van der Waals surface area contributed by atoms with Gasteiger partial charge in [-0.3, -0.25) is 0 Å². The summed E-state index contributed by atoms with van der Waals surface area (Å²) in [6.45, 7) is 0.0768. The van der Waals surface area contributed by atoms with Gasteiger partial charge in [0.05, 0.1) is 0 Å². The molecule has 1 aromatic carbocycles. The Hall–Kier alpha value is -1.91. The van der Waals surface area contributed by atoms with Crippen LogP contribution >= 0.6 is 0 Å². The van der Waals surface area contributed by atoms with Gasteiger partial charge in [-0.15, -0.1) is 0 Å². The molecule has 0 aliphatic rings. The van der Waals surface area contributed by atoms with Crippen LogP contribution in [0.3, 0.4) is 0 Å². The fourth-order valence-electron chi connectivity index (χ4n) is 1.04. The minimum absolute atomic E-state index is 0.0465. The number of rotatable bonds is 4. The third-order valence-electron chi connectivity index (χ3n) is 1.85. The van der Waals surface area contributed by atoms with Crippen LogP contribution < -0.4 is 15.4 Å². The van der Waals surface area contributed by atoms with Crippen molar-refractivity contribution in [2.75, 3.05) is 25.6 Å². The van der Waals surface area contributed by atoms with Crippen LogP contribution in [0.15, 0.2) is 29.4 Å². The van der Waals surface area contributed by atoms with Gasteiger partial charge in [0, 0.05) is 25.8 Å². The van der Waals surface area contributed by atoms with Crippen molar-refractivity contribution in [2.45, 2.75) is 0 Å². The first-order valence-corrected chi connectivity index (χ1v) is 4.50. The van der Waals surface area contributed by atoms with Gasteiger partial charge in [0.15, 0.2) is 5.84 Å². The molecular weight excluding hydrogens is 194 g/mol. The first-order chi connectivity index (χ1) is 7.13. The van der Waals surface area contributed by atoms with Crippen LogP contribution in [0, 0.1) is 0 Å². The van der Waals surface area contributed by atoms with E-state index in [0.717, 1.165) is 5.69 Å². The summed E-state index contributed by atoms with van der Waals surface area (Å²) >= 11 is 0. The summed E-state index contributed by atoms with van der Waals surface area (Å²) in [7, 11) is 3.89. The third kappa shape index (κ3) is 3.38. The van der Waals surface area contributed by atoms with E-state index in [0.29, 0.717) is 5.75 Å². The summed E-state index contributed by atoms with van der Waals surface area (Å²) in [5.41, 5.74) is 6.32. The van der Waals surface area contributed by atoms with E-state index in [4.69, 9.17) is 15.7 Å². The molecule has 0 saturated heterocycles. The molecule has 0 amide bonds. The van der Waals surface area contributed by atoms with Gasteiger partial charge in [-0.1, -0.05) is 11.2 Å². The molecule has 0 aliphatic heterocycles. The van der Waals surface area contributed by atoms with Crippen molar-refractivity contribution >= 4 is 11.5 Å². The minimum Gasteiger partial charge on any atom is -0.485 e. The minimum atomic E-state index is 0.0465. The highest BCUT2D eigenvalue weighted by molar-refractivity contribution is 5.81. The predicted molar refractivity (Wildman–Crippen MR) is 59.7 cm³/mol. The average molecular weight is 209 g/mol. The molecule has 0 unspecified atom stereocenters. The SMILES string of the molecule is CN(C)c1cccc(OC/C(N)=N/O)c1. The first-order valence-electron chi connectivity index (χ1n) is 4.50. The van der Waals surface area contributed by atoms with Crippen LogP contribution in [-0.4, -0.2) is 31.7 Å². The molecule has 0 aliphatic carbocycles. The number of nitrogens with zero attached hydrogens (tertiary/aromatic N) is 2. The second-order valence-electron chi connectivity index (χ2n) is 3.27. The Morgan fingerprint density at radius 3 is 2.87 bits per heavy atom. The maximum atomic E-state index is 8.33. The molecule has 0 fully saturated rings. The van der Waals surface area contributed by atoms with Gasteiger partial charge < -0.3 is 20.6 Å². The molecule has 0 spiro atoms. The summed E-state index contributed by atoms with van der Waals surface area (Å²) < 4.78 is 5.31. The zero-order chi connectivity index (χ0) is 11.3. The van der Waals surface area contributed by atoms with Crippen LogP contribution in [0.4, 0.5) is 5.69 Å². The topological polar surface area (TPSA) is 71.1 Å². The fraction of sp³-hybridized carbons (Fsp3) is 0.300. The molecule has 5 nitrogen and oxygen atoms in total. The summed E-state index contributed by atoms with van der Waals surface area (Å²) in [6, 6.07) is 7.55. The number of anilines is 1. The normalized spacial score (nSPS) is 11.2. The van der Waals surface area contributed by atoms with Gasteiger partial charge >= 0.3 is 0 Å². The van der Waals surface area contributed by atoms with E-state index in [1.54, 1.807) is 0 Å². The molecule has 0 aromatic heterocycles. The molecule has 1 rings (SSSR count). The summed E-state index contributed by atoms with van der Waals surface area (Å²) in [6.07, 6.45) is 0. The van der Waals surface area contributed by atoms with E-state index < -0.39 is 0 Å². The van der Waals surface area contributed by atoms with E-state index in [-0.39, 0.29) is 12.4 Å². The molecular formula is C10H15N3O2. The van der Waals surface area contributed by atoms with Crippen molar-refractivity contribution in [1.82, 2.24) is 0 Å². The second-order valence-corrected chi connectivity index (χ2v) is 3.27. The summed E-state index contributed by atoms with van der Waals surface area (Å²) in [5.74, 6) is 0.734. The fourth-order valence-corrected chi connectivity index (χ4v) is 1.04. The van der Waals surface area contributed by atoms with E-state index in [9.17, 15) is 0 Å². The lowest BCUT2D eigenvalue weighted by atomic mass is 10.3. The Balaban J connectivity index is 2.66. The highest BCUT2D eigenvalue weighted by atomic mass is 16.5. The van der Waals surface area contributed by atoms with E-state index >= 15 is 0 Å². The molecule has 82 valence electrons. The molecule has 0 radical (unpaired) electrons. The number of nitrogens with two attached hydrogens (primary N) is 1. The molecule has 0 saturated carbocycles. The van der Waals surface area contributed by atoms with Gasteiger partial charge in [-0.25, -0.2) is 0 Å². The van der Waals surface area contributed by atoms with Crippen molar-refractivity contribution in [3.05, 3.63) is 24.3 Å². The number of amidine groups is 1. The van der Waals surface area contributed by atoms with Crippen molar-refractivity contribution in [1.29, 1.82) is 0 Å². The van der Waals surface area contributed by atoms with E-state index in [2.05, 4.69) is 5.16 Å². The second kappa shape index (κ2) is 5.09. The smallest absolute Gasteiger partial charge is 0.177 e. The number of hydrogen-bond donors (Lipinski definition) is 2. The van der Waals surface area contributed by atoms with Crippen LogP contribution in [0.5, 0.6) is 5.75 Å². The van der Waals surface area contributed by atoms with Crippen LogP contribution in [0.1, 0.15) is 0 Å². The van der Waals surface area contributed by atoms with Gasteiger partial charge in [-0.2, -0.15) is 0 Å². The van der Waals surface area contributed by atoms with E-state index in [1.165, 1.54) is 0 Å². The Labute approximate surface area is 88.7 Å².